The van der Waals surface area contributed by atoms with Crippen molar-refractivity contribution in [2.45, 2.75) is 26.2 Å². The quantitative estimate of drug-likeness (QED) is 0.689. The topological polar surface area (TPSA) is 64.3 Å². The zero-order chi connectivity index (χ0) is 13.2. The van der Waals surface area contributed by atoms with E-state index in [0.29, 0.717) is 13.1 Å². The largest absolute Gasteiger partial charge is 0.484 e. The van der Waals surface area contributed by atoms with Crippen LogP contribution in [0.2, 0.25) is 0 Å². The smallest absolute Gasteiger partial charge is 0.257 e. The van der Waals surface area contributed by atoms with Gasteiger partial charge in [0.05, 0.1) is 0 Å². The molecule has 18 heavy (non-hydrogen) atoms. The molecule has 0 aliphatic rings. The van der Waals surface area contributed by atoms with Gasteiger partial charge < -0.3 is 15.8 Å². The summed E-state index contributed by atoms with van der Waals surface area (Å²) in [6.45, 7) is 3.48. The molecule has 1 rings (SSSR count). The zero-order valence-corrected chi connectivity index (χ0v) is 10.9. The fraction of sp³-hybridized carbons (Fsp3) is 0.500. The number of carbonyl (C=O) groups is 1. The van der Waals surface area contributed by atoms with Crippen LogP contribution in [0.5, 0.6) is 5.75 Å². The third kappa shape index (κ3) is 6.25. The summed E-state index contributed by atoms with van der Waals surface area (Å²) in [6.07, 6.45) is 3.03. The van der Waals surface area contributed by atoms with Gasteiger partial charge in [-0.3, -0.25) is 4.79 Å². The van der Waals surface area contributed by atoms with Crippen molar-refractivity contribution < 1.29 is 9.53 Å². The number of carbonyl (C=O) groups excluding carboxylic acids is 1. The highest BCUT2D eigenvalue weighted by Crippen LogP contribution is 2.10. The lowest BCUT2D eigenvalue weighted by Crippen LogP contribution is -2.29. The standard InChI is InChI=1S/C14H22N2O2/c1-12-5-7-13(8-6-12)18-11-14(17)16-10-4-2-3-9-15/h5-8H,2-4,9-11,15H2,1H3,(H,16,17). The molecule has 0 atom stereocenters. The first kappa shape index (κ1) is 14.5. The fourth-order valence-corrected chi connectivity index (χ4v) is 1.51. The van der Waals surface area contributed by atoms with Gasteiger partial charge in [0.25, 0.3) is 5.91 Å². The van der Waals surface area contributed by atoms with Crippen molar-refractivity contribution in [1.82, 2.24) is 5.32 Å². The van der Waals surface area contributed by atoms with Crippen LogP contribution in [0.4, 0.5) is 0 Å². The lowest BCUT2D eigenvalue weighted by atomic mass is 10.2. The lowest BCUT2D eigenvalue weighted by molar-refractivity contribution is -0.123. The third-order valence-corrected chi connectivity index (χ3v) is 2.59. The monoisotopic (exact) mass is 250 g/mol. The van der Waals surface area contributed by atoms with Crippen molar-refractivity contribution in [3.05, 3.63) is 29.8 Å². The highest BCUT2D eigenvalue weighted by Gasteiger charge is 2.01. The average molecular weight is 250 g/mol. The van der Waals surface area contributed by atoms with Gasteiger partial charge in [0.1, 0.15) is 5.75 Å². The number of aryl methyl sites for hydroxylation is 1. The van der Waals surface area contributed by atoms with Crippen LogP contribution in [0.25, 0.3) is 0 Å². The number of nitrogens with one attached hydrogen (secondary N) is 1. The van der Waals surface area contributed by atoms with Gasteiger partial charge in [-0.15, -0.1) is 0 Å². The molecule has 3 N–H and O–H groups in total. The number of hydrogen-bond acceptors (Lipinski definition) is 3. The van der Waals surface area contributed by atoms with Gasteiger partial charge in [-0.2, -0.15) is 0 Å². The van der Waals surface area contributed by atoms with E-state index in [-0.39, 0.29) is 12.5 Å². The summed E-state index contributed by atoms with van der Waals surface area (Å²) in [7, 11) is 0. The van der Waals surface area contributed by atoms with E-state index in [1.54, 1.807) is 0 Å². The predicted molar refractivity (Wildman–Crippen MR) is 72.6 cm³/mol. The highest BCUT2D eigenvalue weighted by molar-refractivity contribution is 5.77. The predicted octanol–water partition coefficient (Wildman–Crippen LogP) is 1.62. The van der Waals surface area contributed by atoms with Gasteiger partial charge >= 0.3 is 0 Å². The first-order valence-corrected chi connectivity index (χ1v) is 6.38. The van der Waals surface area contributed by atoms with Crippen LogP contribution < -0.4 is 15.8 Å². The second-order valence-corrected chi connectivity index (χ2v) is 4.30. The van der Waals surface area contributed by atoms with Crippen molar-refractivity contribution in [1.29, 1.82) is 0 Å². The first-order chi connectivity index (χ1) is 8.72. The van der Waals surface area contributed by atoms with E-state index in [4.69, 9.17) is 10.5 Å². The van der Waals surface area contributed by atoms with Gasteiger partial charge in [-0.1, -0.05) is 24.1 Å². The van der Waals surface area contributed by atoms with Gasteiger partial charge in [0, 0.05) is 6.54 Å². The van der Waals surface area contributed by atoms with E-state index in [1.807, 2.05) is 31.2 Å². The van der Waals surface area contributed by atoms with Crippen LogP contribution >= 0.6 is 0 Å². The van der Waals surface area contributed by atoms with Crippen LogP contribution in [-0.4, -0.2) is 25.6 Å². The van der Waals surface area contributed by atoms with Crippen molar-refractivity contribution in [3.8, 4) is 5.75 Å². The van der Waals surface area contributed by atoms with E-state index in [1.165, 1.54) is 5.56 Å². The minimum Gasteiger partial charge on any atom is -0.484 e. The molecule has 4 nitrogen and oxygen atoms in total. The Morgan fingerprint density at radius 2 is 1.94 bits per heavy atom. The van der Waals surface area contributed by atoms with Crippen LogP contribution in [0, 0.1) is 6.92 Å². The van der Waals surface area contributed by atoms with Crippen LogP contribution in [-0.2, 0) is 4.79 Å². The van der Waals surface area contributed by atoms with Crippen LogP contribution in [0.3, 0.4) is 0 Å². The van der Waals surface area contributed by atoms with Crippen molar-refractivity contribution in [2.75, 3.05) is 19.7 Å². The van der Waals surface area contributed by atoms with Crippen molar-refractivity contribution in [3.63, 3.8) is 0 Å². The normalized spacial score (nSPS) is 10.1. The maximum atomic E-state index is 11.5. The van der Waals surface area contributed by atoms with Crippen molar-refractivity contribution in [2.24, 2.45) is 5.73 Å². The van der Waals surface area contributed by atoms with Gasteiger partial charge in [-0.25, -0.2) is 0 Å². The molecule has 1 aromatic rings. The molecule has 0 spiro atoms. The summed E-state index contributed by atoms with van der Waals surface area (Å²) in [5.41, 5.74) is 6.56. The molecule has 0 saturated heterocycles. The Morgan fingerprint density at radius 3 is 2.61 bits per heavy atom. The Morgan fingerprint density at radius 1 is 1.22 bits per heavy atom. The zero-order valence-electron chi connectivity index (χ0n) is 10.9. The van der Waals surface area contributed by atoms with Gasteiger partial charge in [0.2, 0.25) is 0 Å². The molecular weight excluding hydrogens is 228 g/mol. The lowest BCUT2D eigenvalue weighted by Gasteiger charge is -2.07. The summed E-state index contributed by atoms with van der Waals surface area (Å²) in [5.74, 6) is 0.641. The number of unbranched alkanes of at least 4 members (excludes halogenated alkanes) is 2. The SMILES string of the molecule is Cc1ccc(OCC(=O)NCCCCCN)cc1. The number of hydrogen-bond donors (Lipinski definition) is 2. The minimum absolute atomic E-state index is 0.0694. The maximum absolute atomic E-state index is 11.5. The number of benzene rings is 1. The number of nitrogens with two attached hydrogens (primary N) is 1. The summed E-state index contributed by atoms with van der Waals surface area (Å²) >= 11 is 0. The first-order valence-electron chi connectivity index (χ1n) is 6.38. The molecule has 0 aromatic heterocycles. The summed E-state index contributed by atoms with van der Waals surface area (Å²) in [5, 5.41) is 2.82. The third-order valence-electron chi connectivity index (χ3n) is 2.59. The molecule has 100 valence electrons. The molecule has 0 bridgehead atoms. The molecule has 1 aromatic carbocycles. The molecule has 0 heterocycles. The van der Waals surface area contributed by atoms with E-state index in [0.717, 1.165) is 25.0 Å². The Balaban J connectivity index is 2.11. The molecule has 0 fully saturated rings. The summed E-state index contributed by atoms with van der Waals surface area (Å²) in [6, 6.07) is 7.65. The molecule has 0 unspecified atom stereocenters. The molecule has 0 radical (unpaired) electrons. The maximum Gasteiger partial charge on any atom is 0.257 e. The fourth-order valence-electron chi connectivity index (χ4n) is 1.51. The van der Waals surface area contributed by atoms with Gasteiger partial charge in [-0.05, 0) is 38.4 Å². The molecule has 0 aliphatic carbocycles. The van der Waals surface area contributed by atoms with E-state index in [2.05, 4.69) is 5.32 Å². The second-order valence-electron chi connectivity index (χ2n) is 4.30. The Kier molecular flexibility index (Phi) is 6.87. The number of amides is 1. The number of rotatable bonds is 8. The highest BCUT2D eigenvalue weighted by atomic mass is 16.5. The minimum atomic E-state index is -0.0803. The molecule has 0 saturated carbocycles. The molecule has 4 heteroatoms. The van der Waals surface area contributed by atoms with Crippen molar-refractivity contribution >= 4 is 5.91 Å². The Labute approximate surface area is 109 Å². The Bertz CT molecular complexity index is 349. The summed E-state index contributed by atoms with van der Waals surface area (Å²) < 4.78 is 5.37. The van der Waals surface area contributed by atoms with E-state index >= 15 is 0 Å². The number of ether oxygens (including phenoxy) is 1. The van der Waals surface area contributed by atoms with Crippen LogP contribution in [0.1, 0.15) is 24.8 Å². The van der Waals surface area contributed by atoms with E-state index in [9.17, 15) is 4.79 Å². The summed E-state index contributed by atoms with van der Waals surface area (Å²) in [4.78, 5) is 11.5. The average Bonchev–Trinajstić information content (AvgIpc) is 2.38. The molecule has 1 amide bonds. The molecular formula is C14H22N2O2. The van der Waals surface area contributed by atoms with Gasteiger partial charge in [0.15, 0.2) is 6.61 Å². The van der Waals surface area contributed by atoms with E-state index < -0.39 is 0 Å². The molecule has 0 aliphatic heterocycles. The van der Waals surface area contributed by atoms with Crippen LogP contribution in [0.15, 0.2) is 24.3 Å². The second kappa shape index (κ2) is 8.53. The Hall–Kier alpha value is -1.55.